The number of nitrogens with one attached hydrogen (secondary N) is 1. The number of anilines is 3. The van der Waals surface area contributed by atoms with Crippen molar-refractivity contribution in [3.63, 3.8) is 0 Å². The molecule has 22 heteroatoms. The quantitative estimate of drug-likeness (QED) is 0.0460. The molecule has 2 heterocycles. The maximum absolute atomic E-state index is 12.4. The Kier molecular flexibility index (Phi) is 32.8. The van der Waals surface area contributed by atoms with E-state index >= 15 is 0 Å². The van der Waals surface area contributed by atoms with Crippen LogP contribution in [0.25, 0.3) is 0 Å². The van der Waals surface area contributed by atoms with Crippen molar-refractivity contribution in [3.05, 3.63) is 128 Å². The fraction of sp³-hybridized carbons (Fsp3) is 0.349. The van der Waals surface area contributed by atoms with E-state index in [4.69, 9.17) is 40.5 Å². The molecule has 0 aliphatic heterocycles. The molecule has 2 aromatic heterocycles. The number of hydrogen-bond acceptors (Lipinski definition) is 14. The summed E-state index contributed by atoms with van der Waals surface area (Å²) in [6.45, 7) is 17.4. The van der Waals surface area contributed by atoms with Crippen molar-refractivity contribution in [2.75, 3.05) is 18.2 Å². The number of nitro groups is 1. The first-order valence-electron chi connectivity index (χ1n) is 18.6. The third-order valence-electron chi connectivity index (χ3n) is 7.42. The lowest BCUT2D eigenvalue weighted by Gasteiger charge is -2.14. The Balaban J connectivity index is -0.000000373. The Morgan fingerprint density at radius 2 is 1.22 bits per heavy atom. The fourth-order valence-corrected chi connectivity index (χ4v) is 7.29. The fourth-order valence-electron chi connectivity index (χ4n) is 4.10. The number of para-hydroxylation sites is 3. The van der Waals surface area contributed by atoms with Crippen molar-refractivity contribution in [2.45, 2.75) is 102 Å². The Morgan fingerprint density at radius 1 is 0.785 bits per heavy atom. The van der Waals surface area contributed by atoms with Crippen molar-refractivity contribution in [1.29, 1.82) is 0 Å². The smallest absolute Gasteiger partial charge is 0.287 e. The third-order valence-corrected chi connectivity index (χ3v) is 13.9. The number of nitrogens with two attached hydrogens (primary N) is 1. The van der Waals surface area contributed by atoms with Crippen LogP contribution in [0.15, 0.2) is 95.0 Å². The van der Waals surface area contributed by atoms with Crippen molar-refractivity contribution in [1.82, 2.24) is 19.9 Å². The number of nitro benzene ring substituents is 1. The lowest BCUT2D eigenvalue weighted by molar-refractivity contribution is -0.384. The van der Waals surface area contributed by atoms with Gasteiger partial charge in [0.25, 0.3) is 5.69 Å². The van der Waals surface area contributed by atoms with Crippen molar-refractivity contribution in [2.24, 2.45) is 0 Å². The van der Waals surface area contributed by atoms with Gasteiger partial charge in [-0.25, -0.2) is 41.0 Å². The maximum atomic E-state index is 12.4. The van der Waals surface area contributed by atoms with Gasteiger partial charge in [0.2, 0.25) is 0 Å². The molecule has 0 aliphatic carbocycles. The molecule has 1 atom stereocenters. The zero-order chi connectivity index (χ0) is 48.7. The summed E-state index contributed by atoms with van der Waals surface area (Å²) in [6, 6.07) is 19.3. The minimum atomic E-state index is -3.40. The highest BCUT2D eigenvalue weighted by molar-refractivity contribution is 14.0. The second kappa shape index (κ2) is 32.6. The highest BCUT2D eigenvalue weighted by Crippen LogP contribution is 2.30. The van der Waals surface area contributed by atoms with E-state index in [0.717, 1.165) is 11.5 Å². The molecule has 5 rings (SSSR count). The summed E-state index contributed by atoms with van der Waals surface area (Å²) in [6.07, 6.45) is 7.69. The molecule has 0 radical (unpaired) electrons. The summed E-state index contributed by atoms with van der Waals surface area (Å²) in [7, 11) is -5.19. The van der Waals surface area contributed by atoms with E-state index in [1.54, 1.807) is 102 Å². The van der Waals surface area contributed by atoms with Gasteiger partial charge in [-0.2, -0.15) is 0 Å². The van der Waals surface area contributed by atoms with Crippen LogP contribution in [0.1, 0.15) is 74.7 Å². The average molecular weight is 1130 g/mol. The molecule has 5 aromatic rings. The lowest BCUT2D eigenvalue weighted by Crippen LogP contribution is -2.15. The Bertz CT molecular complexity index is 2540. The van der Waals surface area contributed by atoms with Crippen molar-refractivity contribution < 1.29 is 31.6 Å². The van der Waals surface area contributed by atoms with E-state index in [0.29, 0.717) is 33.1 Å². The van der Waals surface area contributed by atoms with Gasteiger partial charge in [0, 0.05) is 13.7 Å². The number of rotatable bonds is 9. The molecule has 0 bridgehead atoms. The van der Waals surface area contributed by atoms with Crippen molar-refractivity contribution >= 4 is 112 Å². The first kappa shape index (κ1) is 65.3. The van der Waals surface area contributed by atoms with Crippen molar-refractivity contribution in [3.8, 4) is 12.3 Å². The van der Waals surface area contributed by atoms with E-state index in [-0.39, 0.29) is 58.6 Å². The summed E-state index contributed by atoms with van der Waals surface area (Å²) in [5, 5.41) is 13.4. The van der Waals surface area contributed by atoms with E-state index < -0.39 is 46.2 Å². The summed E-state index contributed by atoms with van der Waals surface area (Å²) in [4.78, 5) is 26.2. The maximum Gasteiger partial charge on any atom is 0.287 e. The minimum absolute atomic E-state index is 0. The number of halogens is 4. The lowest BCUT2D eigenvalue weighted by atomic mass is 10.3. The molecule has 15 nitrogen and oxygen atoms in total. The van der Waals surface area contributed by atoms with E-state index in [9.17, 15) is 31.2 Å². The third kappa shape index (κ3) is 23.3. The normalized spacial score (nSPS) is 10.6. The zero-order valence-electron chi connectivity index (χ0n) is 37.2. The molecule has 362 valence electrons. The summed E-state index contributed by atoms with van der Waals surface area (Å²) in [5.41, 5.74) is 7.12. The zero-order valence-corrected chi connectivity index (χ0v) is 44.3. The molecule has 65 heavy (non-hydrogen) atoms. The summed E-state index contributed by atoms with van der Waals surface area (Å²) in [5.74, 6) is 3.94. The minimum Gasteiger partial charge on any atom is -0.398 e. The largest absolute Gasteiger partial charge is 0.398 e. The standard InChI is InChI=1S/C14H16ClN3O2S.C9H13NO2S.C6H7ClN2.C6H4ClNO2.C4H10O2S.C3H4.CH4.HI.H2/c1-9(2)21(19,20)13-7-5-4-6-12(13)18-14-11(15)8-16-10(3)17-14;1-7(2)13(11,12)9-6-4-3-5-8(9)10;1-4-6(7)3-8-5(2)9-4;7-5-3-1-2-4-6(5)8(9)10;1-4(2)7(5)6-3;1-3-2;;;/h4-9H,1-3H3,(H,16,17,18);3-7H,10H2,1-2H3;3H,1-2H3;1-4H;4H,1-3H3;1H,2H3;1H4;2*1H. The number of nitrogen functional groups attached to an aromatic ring is 1. The van der Waals surface area contributed by atoms with Gasteiger partial charge in [-0.3, -0.25) is 14.3 Å². The second-order valence-corrected chi connectivity index (χ2v) is 21.2. The molecule has 0 aliphatic rings. The average Bonchev–Trinajstić information content (AvgIpc) is 3.22. The van der Waals surface area contributed by atoms with Crippen LogP contribution in [-0.2, 0) is 34.9 Å². The van der Waals surface area contributed by atoms with E-state index in [1.165, 1.54) is 31.5 Å². The SMILES string of the molecule is C.C#CC.CC(C)S(=O)(=O)c1ccccc1N.COS(=O)C(C)C.Cc1ncc(Cl)c(C)n1.Cc1ncc(Cl)c(Nc2ccccc2S(=O)(=O)C(C)C)n1.I.O=[N+]([O-])c1ccccc1Cl.[HH]. The van der Waals surface area contributed by atoms with Crippen LogP contribution in [0, 0.1) is 43.2 Å². The van der Waals surface area contributed by atoms with Crippen LogP contribution in [0.2, 0.25) is 15.1 Å². The number of benzene rings is 3. The Morgan fingerprint density at radius 3 is 1.62 bits per heavy atom. The number of sulfone groups is 2. The number of aromatic nitrogens is 4. The molecule has 0 saturated carbocycles. The predicted octanol–water partition coefficient (Wildman–Crippen LogP) is 11.7. The Hall–Kier alpha value is -4.01. The topological polar surface area (TPSA) is 227 Å². The van der Waals surface area contributed by atoms with Gasteiger partial charge in [0.05, 0.1) is 65.9 Å². The van der Waals surface area contributed by atoms with Gasteiger partial charge < -0.3 is 11.1 Å². The Labute approximate surface area is 421 Å². The first-order chi connectivity index (χ1) is 29.3. The molecule has 0 fully saturated rings. The molecular weight excluding hydrogens is 1070 g/mol. The number of terminal acetylenes is 1. The van der Waals surface area contributed by atoms with Crippen LogP contribution in [0.5, 0.6) is 0 Å². The van der Waals surface area contributed by atoms with Crippen LogP contribution in [0.3, 0.4) is 0 Å². The van der Waals surface area contributed by atoms with Crippen LogP contribution >= 0.6 is 58.8 Å². The van der Waals surface area contributed by atoms with E-state index in [1.807, 2.05) is 27.7 Å². The highest BCUT2D eigenvalue weighted by Gasteiger charge is 2.23. The van der Waals surface area contributed by atoms with Gasteiger partial charge in [0.15, 0.2) is 36.6 Å². The first-order valence-corrected chi connectivity index (χ1v) is 24.0. The monoisotopic (exact) mass is 1130 g/mol. The number of nitrogens with zero attached hydrogens (tertiary/aromatic N) is 5. The van der Waals surface area contributed by atoms with Gasteiger partial charge in [-0.15, -0.1) is 36.3 Å². The second-order valence-electron chi connectivity index (χ2n) is 13.3. The highest BCUT2D eigenvalue weighted by atomic mass is 127. The van der Waals surface area contributed by atoms with Crippen LogP contribution in [0.4, 0.5) is 22.9 Å². The summed E-state index contributed by atoms with van der Waals surface area (Å²) >= 11 is 16.1. The molecule has 3 aromatic carbocycles. The van der Waals surface area contributed by atoms with Crippen LogP contribution in [-0.4, -0.2) is 68.8 Å². The van der Waals surface area contributed by atoms with Gasteiger partial charge >= 0.3 is 0 Å². The number of aryl methyl sites for hydroxylation is 3. The molecular formula is C43H61Cl3IN7O8S3. The molecule has 0 amide bonds. The van der Waals surface area contributed by atoms with E-state index in [2.05, 4.69) is 41.8 Å². The van der Waals surface area contributed by atoms with Gasteiger partial charge in [0.1, 0.15) is 21.7 Å². The summed E-state index contributed by atoms with van der Waals surface area (Å²) < 4.78 is 63.0. The molecule has 1 unspecified atom stereocenters. The number of hydrogen-bond donors (Lipinski definition) is 2. The molecule has 3 N–H and O–H groups in total. The molecule has 0 spiro atoms. The van der Waals surface area contributed by atoms with Gasteiger partial charge in [-0.05, 0) is 99.6 Å². The molecule has 0 saturated heterocycles. The van der Waals surface area contributed by atoms with Gasteiger partial charge in [-0.1, -0.05) is 78.6 Å². The van der Waals surface area contributed by atoms with Crippen LogP contribution < -0.4 is 11.1 Å². The predicted molar refractivity (Wildman–Crippen MR) is 281 cm³/mol.